The van der Waals surface area contributed by atoms with Crippen LogP contribution >= 0.6 is 0 Å². The Morgan fingerprint density at radius 2 is 1.89 bits per heavy atom. The fourth-order valence-corrected chi connectivity index (χ4v) is 3.41. The Hall–Kier alpha value is -1.40. The van der Waals surface area contributed by atoms with Crippen LogP contribution in [0.1, 0.15) is 26.3 Å². The molecule has 1 aromatic carbocycles. The molecule has 0 spiro atoms. The van der Waals surface area contributed by atoms with Crippen LogP contribution in [0, 0.1) is 5.92 Å². The lowest BCUT2D eigenvalue weighted by atomic mass is 10.1. The molecule has 2 N–H and O–H groups in total. The van der Waals surface area contributed by atoms with E-state index in [4.69, 9.17) is 5.11 Å². The summed E-state index contributed by atoms with van der Waals surface area (Å²) in [5.74, 6) is -1.51. The van der Waals surface area contributed by atoms with Gasteiger partial charge in [0.05, 0.1) is 4.90 Å². The normalized spacial score (nSPS) is 13.5. The lowest BCUT2D eigenvalue weighted by Crippen LogP contribution is -2.44. The van der Waals surface area contributed by atoms with Crippen LogP contribution in [-0.4, -0.2) is 25.5 Å². The number of benzene rings is 1. The highest BCUT2D eigenvalue weighted by Gasteiger charge is 2.28. The van der Waals surface area contributed by atoms with Gasteiger partial charge in [0.15, 0.2) is 0 Å². The van der Waals surface area contributed by atoms with Gasteiger partial charge in [-0.25, -0.2) is 8.42 Å². The van der Waals surface area contributed by atoms with Gasteiger partial charge in [-0.15, -0.1) is 0 Å². The van der Waals surface area contributed by atoms with Crippen LogP contribution in [0.15, 0.2) is 29.2 Å². The van der Waals surface area contributed by atoms with Crippen molar-refractivity contribution in [1.82, 2.24) is 4.72 Å². The first-order chi connectivity index (χ1) is 8.79. The number of nitrogens with one attached hydrogen (secondary N) is 1. The molecule has 0 heterocycles. The molecule has 0 unspecified atom stereocenters. The zero-order valence-corrected chi connectivity index (χ0v) is 12.1. The van der Waals surface area contributed by atoms with Gasteiger partial charge in [0.2, 0.25) is 10.0 Å². The highest BCUT2D eigenvalue weighted by atomic mass is 32.2. The molecule has 1 rings (SSSR count). The summed E-state index contributed by atoms with van der Waals surface area (Å²) in [5, 5.41) is 9.05. The van der Waals surface area contributed by atoms with E-state index in [1.165, 1.54) is 6.07 Å². The van der Waals surface area contributed by atoms with Gasteiger partial charge in [0.1, 0.15) is 6.04 Å². The molecule has 1 atom stereocenters. The number of carbonyl (C=O) groups is 1. The van der Waals surface area contributed by atoms with E-state index >= 15 is 0 Å². The first-order valence-electron chi connectivity index (χ1n) is 6.12. The van der Waals surface area contributed by atoms with E-state index in [0.29, 0.717) is 12.0 Å². The summed E-state index contributed by atoms with van der Waals surface area (Å²) < 4.78 is 26.8. The van der Waals surface area contributed by atoms with E-state index in [1.807, 2.05) is 6.92 Å². The SMILES string of the molecule is CCc1ccccc1S(=O)(=O)N[C@H](C(=O)O)C(C)C. The number of rotatable bonds is 6. The van der Waals surface area contributed by atoms with E-state index in [2.05, 4.69) is 4.72 Å². The Morgan fingerprint density at radius 3 is 2.37 bits per heavy atom. The van der Waals surface area contributed by atoms with Gasteiger partial charge < -0.3 is 5.11 Å². The standard InChI is InChI=1S/C13H19NO4S/c1-4-10-7-5-6-8-11(10)19(17,18)14-12(9(2)3)13(15)16/h5-9,12,14H,4H2,1-3H3,(H,15,16)/t12-/m0/s1. The fraction of sp³-hybridized carbons (Fsp3) is 0.462. The third-order valence-corrected chi connectivity index (χ3v) is 4.40. The van der Waals surface area contributed by atoms with Crippen LogP contribution in [0.5, 0.6) is 0 Å². The Balaban J connectivity index is 3.14. The van der Waals surface area contributed by atoms with Crippen molar-refractivity contribution in [2.45, 2.75) is 38.1 Å². The number of carboxylic acids is 1. The third kappa shape index (κ3) is 3.78. The van der Waals surface area contributed by atoms with E-state index in [0.717, 1.165) is 0 Å². The maximum Gasteiger partial charge on any atom is 0.322 e. The van der Waals surface area contributed by atoms with Gasteiger partial charge in [-0.1, -0.05) is 39.0 Å². The topological polar surface area (TPSA) is 83.5 Å². The molecular formula is C13H19NO4S. The smallest absolute Gasteiger partial charge is 0.322 e. The molecule has 106 valence electrons. The zero-order valence-electron chi connectivity index (χ0n) is 11.3. The minimum absolute atomic E-state index is 0.143. The second-order valence-electron chi connectivity index (χ2n) is 4.64. The Bertz CT molecular complexity index is 552. The number of aryl methyl sites for hydroxylation is 1. The van der Waals surface area contributed by atoms with E-state index in [-0.39, 0.29) is 10.8 Å². The summed E-state index contributed by atoms with van der Waals surface area (Å²) >= 11 is 0. The van der Waals surface area contributed by atoms with E-state index in [1.54, 1.807) is 32.0 Å². The summed E-state index contributed by atoms with van der Waals surface area (Å²) in [6.07, 6.45) is 0.566. The molecule has 0 aliphatic carbocycles. The molecule has 0 aromatic heterocycles. The second-order valence-corrected chi connectivity index (χ2v) is 6.32. The summed E-state index contributed by atoms with van der Waals surface area (Å²) in [7, 11) is -3.82. The van der Waals surface area contributed by atoms with Crippen molar-refractivity contribution < 1.29 is 18.3 Å². The molecule has 0 aliphatic heterocycles. The Kier molecular flexibility index (Phi) is 5.08. The summed E-state index contributed by atoms with van der Waals surface area (Å²) in [5.41, 5.74) is 0.669. The minimum Gasteiger partial charge on any atom is -0.480 e. The number of sulfonamides is 1. The molecule has 0 saturated heterocycles. The van der Waals surface area contributed by atoms with Crippen molar-refractivity contribution >= 4 is 16.0 Å². The molecule has 0 fully saturated rings. The van der Waals surface area contributed by atoms with Crippen LogP contribution in [0.25, 0.3) is 0 Å². The average Bonchev–Trinajstić information content (AvgIpc) is 2.35. The van der Waals surface area contributed by atoms with Crippen molar-refractivity contribution in [2.75, 3.05) is 0 Å². The highest BCUT2D eigenvalue weighted by molar-refractivity contribution is 7.89. The van der Waals surface area contributed by atoms with Crippen LogP contribution in [0.4, 0.5) is 0 Å². The maximum atomic E-state index is 12.3. The monoisotopic (exact) mass is 285 g/mol. The third-order valence-electron chi connectivity index (χ3n) is 2.86. The Morgan fingerprint density at radius 1 is 1.32 bits per heavy atom. The first-order valence-corrected chi connectivity index (χ1v) is 7.61. The lowest BCUT2D eigenvalue weighted by Gasteiger charge is -2.19. The van der Waals surface area contributed by atoms with Crippen LogP contribution < -0.4 is 4.72 Å². The molecule has 6 heteroatoms. The number of aliphatic carboxylic acids is 1. The summed E-state index contributed by atoms with van der Waals surface area (Å²) in [4.78, 5) is 11.2. The highest BCUT2D eigenvalue weighted by Crippen LogP contribution is 2.17. The zero-order chi connectivity index (χ0) is 14.6. The van der Waals surface area contributed by atoms with Gasteiger partial charge in [0, 0.05) is 0 Å². The fourth-order valence-electron chi connectivity index (χ4n) is 1.76. The van der Waals surface area contributed by atoms with E-state index < -0.39 is 22.0 Å². The van der Waals surface area contributed by atoms with Crippen LogP contribution in [0.3, 0.4) is 0 Å². The minimum atomic E-state index is -3.82. The predicted molar refractivity (Wildman–Crippen MR) is 72.4 cm³/mol. The number of hydrogen-bond acceptors (Lipinski definition) is 3. The molecule has 0 saturated carbocycles. The molecule has 0 radical (unpaired) electrons. The van der Waals surface area contributed by atoms with Gasteiger partial charge in [-0.3, -0.25) is 4.79 Å². The second kappa shape index (κ2) is 6.16. The van der Waals surface area contributed by atoms with Crippen LogP contribution in [0.2, 0.25) is 0 Å². The summed E-state index contributed by atoms with van der Waals surface area (Å²) in [6, 6.07) is 5.46. The summed E-state index contributed by atoms with van der Waals surface area (Å²) in [6.45, 7) is 5.17. The van der Waals surface area contributed by atoms with Crippen molar-refractivity contribution in [3.8, 4) is 0 Å². The Labute approximate surface area is 113 Å². The molecule has 19 heavy (non-hydrogen) atoms. The van der Waals surface area contributed by atoms with Gasteiger partial charge in [0.25, 0.3) is 0 Å². The largest absolute Gasteiger partial charge is 0.480 e. The first kappa shape index (κ1) is 15.7. The van der Waals surface area contributed by atoms with Gasteiger partial charge >= 0.3 is 5.97 Å². The van der Waals surface area contributed by atoms with Gasteiger partial charge in [-0.2, -0.15) is 4.72 Å². The predicted octanol–water partition coefficient (Wildman–Crippen LogP) is 1.64. The average molecular weight is 285 g/mol. The molecule has 5 nitrogen and oxygen atoms in total. The van der Waals surface area contributed by atoms with Crippen molar-refractivity contribution in [1.29, 1.82) is 0 Å². The quantitative estimate of drug-likeness (QED) is 0.832. The molecular weight excluding hydrogens is 266 g/mol. The number of carboxylic acid groups (broad SMARTS) is 1. The van der Waals surface area contributed by atoms with E-state index in [9.17, 15) is 13.2 Å². The molecule has 0 aliphatic rings. The molecule has 1 aromatic rings. The van der Waals surface area contributed by atoms with Crippen LogP contribution in [-0.2, 0) is 21.2 Å². The molecule has 0 bridgehead atoms. The van der Waals surface area contributed by atoms with Crippen molar-refractivity contribution in [3.63, 3.8) is 0 Å². The van der Waals surface area contributed by atoms with Gasteiger partial charge in [-0.05, 0) is 24.0 Å². The lowest BCUT2D eigenvalue weighted by molar-refractivity contribution is -0.140. The maximum absolute atomic E-state index is 12.3. The number of hydrogen-bond donors (Lipinski definition) is 2. The van der Waals surface area contributed by atoms with Crippen molar-refractivity contribution in [3.05, 3.63) is 29.8 Å². The van der Waals surface area contributed by atoms with Crippen molar-refractivity contribution in [2.24, 2.45) is 5.92 Å². The molecule has 0 amide bonds.